The topological polar surface area (TPSA) is 161 Å². The first kappa shape index (κ1) is 28.9. The molecule has 6 rings (SSSR count). The van der Waals surface area contributed by atoms with Crippen LogP contribution in [0.5, 0.6) is 5.75 Å². The van der Waals surface area contributed by atoms with Gasteiger partial charge in [0.05, 0.1) is 11.1 Å². The molecule has 0 fully saturated rings. The molecule has 43 heavy (non-hydrogen) atoms. The number of amides is 1. The van der Waals surface area contributed by atoms with Gasteiger partial charge in [-0.15, -0.1) is 0 Å². The number of rotatable bonds is 4. The Balaban J connectivity index is 1.42. The maximum Gasteiger partial charge on any atom is 0.417 e. The quantitative estimate of drug-likeness (QED) is 0.336. The Kier molecular flexibility index (Phi) is 6.51. The van der Waals surface area contributed by atoms with Gasteiger partial charge in [-0.1, -0.05) is 24.3 Å². The fourth-order valence-electron chi connectivity index (χ4n) is 7.48. The van der Waals surface area contributed by atoms with E-state index < -0.39 is 99.0 Å². The van der Waals surface area contributed by atoms with E-state index >= 15 is 0 Å². The monoisotopic (exact) mass is 598 g/mol. The second-order valence-corrected chi connectivity index (χ2v) is 11.9. The van der Waals surface area contributed by atoms with Gasteiger partial charge in [-0.05, 0) is 67.0 Å². The number of aliphatic hydroxyl groups excluding tert-OH is 2. The van der Waals surface area contributed by atoms with Crippen LogP contribution in [-0.2, 0) is 41.6 Å². The van der Waals surface area contributed by atoms with Crippen molar-refractivity contribution in [3.05, 3.63) is 86.4 Å². The molecule has 3 atom stereocenters. The maximum atomic E-state index is 14.7. The number of fused-ring (bicyclic) bond motifs is 4. The highest BCUT2D eigenvalue weighted by atomic mass is 19.4. The van der Waals surface area contributed by atoms with Crippen molar-refractivity contribution in [2.24, 2.45) is 17.6 Å². The molecular weight excluding hydrogens is 569 g/mol. The van der Waals surface area contributed by atoms with Crippen molar-refractivity contribution in [3.63, 3.8) is 0 Å². The molecule has 0 aromatic heterocycles. The molecule has 226 valence electrons. The van der Waals surface area contributed by atoms with Gasteiger partial charge in [-0.3, -0.25) is 19.3 Å². The summed E-state index contributed by atoms with van der Waals surface area (Å²) in [5.74, 6) is -8.76. The molecule has 0 saturated heterocycles. The van der Waals surface area contributed by atoms with Crippen LogP contribution in [0.15, 0.2) is 53.0 Å². The van der Waals surface area contributed by atoms with E-state index in [2.05, 4.69) is 0 Å². The number of halogens is 3. The van der Waals surface area contributed by atoms with Crippen LogP contribution in [0.25, 0.3) is 0 Å². The molecule has 4 aliphatic rings. The van der Waals surface area contributed by atoms with Crippen LogP contribution in [0.3, 0.4) is 0 Å². The summed E-state index contributed by atoms with van der Waals surface area (Å²) in [7, 11) is 1.71. The van der Waals surface area contributed by atoms with Crippen molar-refractivity contribution < 1.29 is 48.0 Å². The van der Waals surface area contributed by atoms with E-state index in [-0.39, 0.29) is 24.6 Å². The van der Waals surface area contributed by atoms with Gasteiger partial charge in [0, 0.05) is 30.5 Å². The standard InChI is InChI=1S/C31H29F3N2O7/c1-36(18-7-13-4-2-3-5-14(13)8-18)12-16-10-20(37)23-19(25(16)31(32,33)34)9-15-6-17-11-21(38)24(29(35)42)28(41)30(17,43)27(40)22(15)26(23)39/h2-5,10,15,17-18,37-38,40,43H,6-9,11-12H2,1H3,(H2,35,42)/t15?,17-,30-/m0/s1. The van der Waals surface area contributed by atoms with Crippen molar-refractivity contribution in [2.45, 2.75) is 56.5 Å². The summed E-state index contributed by atoms with van der Waals surface area (Å²) >= 11 is 0. The number of nitrogens with zero attached hydrogens (tertiary/aromatic N) is 1. The number of hydrogen-bond acceptors (Lipinski definition) is 8. The Morgan fingerprint density at radius 2 is 1.70 bits per heavy atom. The van der Waals surface area contributed by atoms with E-state index in [0.717, 1.165) is 17.2 Å². The average Bonchev–Trinajstić information content (AvgIpc) is 3.34. The number of Topliss-reactive ketones (excluding diaryl/α,β-unsaturated/α-hetero) is 2. The lowest BCUT2D eigenvalue weighted by atomic mass is 9.60. The van der Waals surface area contributed by atoms with E-state index in [9.17, 15) is 48.0 Å². The number of allylic oxidation sites excluding steroid dienone is 2. The summed E-state index contributed by atoms with van der Waals surface area (Å²) in [5, 5.41) is 43.7. The molecule has 2 aromatic rings. The number of alkyl halides is 3. The Bertz CT molecular complexity index is 1650. The zero-order chi connectivity index (χ0) is 31.2. The van der Waals surface area contributed by atoms with Crippen LogP contribution in [0.4, 0.5) is 13.2 Å². The SMILES string of the molecule is CN(Cc1cc(O)c2c(c1C(F)(F)F)CC1C[C@H]3CC(O)=C(C(N)=O)C(=O)[C@@]3(O)C(O)=C1C2=O)C1Cc2ccccc2C1. The first-order valence-electron chi connectivity index (χ1n) is 13.8. The summed E-state index contributed by atoms with van der Waals surface area (Å²) in [5.41, 5.74) is 0.855. The molecule has 0 spiro atoms. The van der Waals surface area contributed by atoms with E-state index in [1.54, 1.807) is 11.9 Å². The van der Waals surface area contributed by atoms with E-state index in [0.29, 0.717) is 12.8 Å². The number of carbonyl (C=O) groups is 3. The van der Waals surface area contributed by atoms with Crippen LogP contribution in [-0.4, -0.2) is 61.5 Å². The highest BCUT2D eigenvalue weighted by molar-refractivity contribution is 6.24. The summed E-state index contributed by atoms with van der Waals surface area (Å²) < 4.78 is 44.2. The van der Waals surface area contributed by atoms with Gasteiger partial charge in [0.1, 0.15) is 22.8 Å². The van der Waals surface area contributed by atoms with Crippen LogP contribution in [0.1, 0.15) is 51.0 Å². The van der Waals surface area contributed by atoms with Crippen LogP contribution >= 0.6 is 0 Å². The average molecular weight is 599 g/mol. The second kappa shape index (κ2) is 9.68. The Hall–Kier alpha value is -4.16. The lowest BCUT2D eigenvalue weighted by Gasteiger charge is -2.45. The van der Waals surface area contributed by atoms with Gasteiger partial charge >= 0.3 is 6.18 Å². The second-order valence-electron chi connectivity index (χ2n) is 11.9. The number of ketones is 2. The van der Waals surface area contributed by atoms with Crippen LogP contribution in [0, 0.1) is 11.8 Å². The highest BCUT2D eigenvalue weighted by Crippen LogP contribution is 2.53. The summed E-state index contributed by atoms with van der Waals surface area (Å²) in [4.78, 5) is 40.4. The predicted octanol–water partition coefficient (Wildman–Crippen LogP) is 3.20. The molecule has 1 unspecified atom stereocenters. The van der Waals surface area contributed by atoms with E-state index in [4.69, 9.17) is 5.73 Å². The minimum absolute atomic E-state index is 0.0735. The maximum absolute atomic E-state index is 14.7. The number of phenolic OH excluding ortho intramolecular Hbond substituents is 1. The third-order valence-electron chi connectivity index (χ3n) is 9.50. The van der Waals surface area contributed by atoms with E-state index in [1.165, 1.54) is 0 Å². The number of likely N-dealkylation sites (N-methyl/N-ethyl adjacent to an activating group) is 1. The Labute approximate surface area is 243 Å². The van der Waals surface area contributed by atoms with Gasteiger partial charge in [-0.2, -0.15) is 13.2 Å². The molecule has 0 saturated carbocycles. The first-order valence-corrected chi connectivity index (χ1v) is 13.8. The molecule has 4 aliphatic carbocycles. The van der Waals surface area contributed by atoms with Gasteiger partial charge in [0.2, 0.25) is 5.78 Å². The molecule has 0 radical (unpaired) electrons. The highest BCUT2D eigenvalue weighted by Gasteiger charge is 2.60. The first-order chi connectivity index (χ1) is 20.1. The number of aliphatic hydroxyl groups is 3. The molecule has 9 nitrogen and oxygen atoms in total. The Morgan fingerprint density at radius 3 is 2.28 bits per heavy atom. The minimum Gasteiger partial charge on any atom is -0.511 e. The normalized spacial score (nSPS) is 25.5. The lowest BCUT2D eigenvalue weighted by Crippen LogP contribution is -2.57. The van der Waals surface area contributed by atoms with Crippen molar-refractivity contribution in [1.29, 1.82) is 0 Å². The van der Waals surface area contributed by atoms with Crippen molar-refractivity contribution >= 4 is 17.5 Å². The molecule has 2 aromatic carbocycles. The minimum atomic E-state index is -4.90. The number of nitrogens with two attached hydrogens (primary N) is 1. The summed E-state index contributed by atoms with van der Waals surface area (Å²) in [6.45, 7) is -0.160. The third-order valence-corrected chi connectivity index (χ3v) is 9.50. The molecule has 6 N–H and O–H groups in total. The Morgan fingerprint density at radius 1 is 1.07 bits per heavy atom. The number of aromatic hydroxyl groups is 1. The summed E-state index contributed by atoms with van der Waals surface area (Å²) in [6.07, 6.45) is -4.75. The molecule has 0 aliphatic heterocycles. The number of benzene rings is 2. The van der Waals surface area contributed by atoms with Crippen molar-refractivity contribution in [1.82, 2.24) is 4.90 Å². The largest absolute Gasteiger partial charge is 0.511 e. The lowest BCUT2D eigenvalue weighted by molar-refractivity contribution is -0.144. The summed E-state index contributed by atoms with van der Waals surface area (Å²) in [6, 6.07) is 8.62. The van der Waals surface area contributed by atoms with Gasteiger partial charge in [-0.25, -0.2) is 0 Å². The molecule has 12 heteroatoms. The third kappa shape index (κ3) is 4.26. The number of carbonyl (C=O) groups excluding carboxylic acids is 3. The van der Waals surface area contributed by atoms with Crippen molar-refractivity contribution in [2.75, 3.05) is 7.05 Å². The zero-order valence-corrected chi connectivity index (χ0v) is 23.0. The molecule has 1 amide bonds. The molecule has 0 bridgehead atoms. The van der Waals surface area contributed by atoms with Crippen molar-refractivity contribution in [3.8, 4) is 5.75 Å². The van der Waals surface area contributed by atoms with E-state index in [1.807, 2.05) is 24.3 Å². The van der Waals surface area contributed by atoms with Crippen LogP contribution in [0.2, 0.25) is 0 Å². The number of primary amides is 1. The molecule has 0 heterocycles. The van der Waals surface area contributed by atoms with Gasteiger partial charge in [0.25, 0.3) is 5.91 Å². The van der Waals surface area contributed by atoms with Crippen LogP contribution < -0.4 is 5.73 Å². The zero-order valence-electron chi connectivity index (χ0n) is 23.0. The fourth-order valence-corrected chi connectivity index (χ4v) is 7.48. The smallest absolute Gasteiger partial charge is 0.417 e. The number of phenols is 1. The van der Waals surface area contributed by atoms with Gasteiger partial charge < -0.3 is 26.2 Å². The number of hydrogen-bond donors (Lipinski definition) is 5. The predicted molar refractivity (Wildman–Crippen MR) is 145 cm³/mol. The fraction of sp³-hybridized carbons (Fsp3) is 0.387. The van der Waals surface area contributed by atoms with Gasteiger partial charge in [0.15, 0.2) is 11.4 Å². The molecular formula is C31H29F3N2O7.